The largest absolute Gasteiger partial charge is 0.399 e. The number of pyridine rings is 1. The van der Waals surface area contributed by atoms with Crippen molar-refractivity contribution in [2.45, 2.75) is 13.8 Å². The van der Waals surface area contributed by atoms with E-state index in [1.54, 1.807) is 0 Å². The van der Waals surface area contributed by atoms with E-state index in [4.69, 9.17) is 10.7 Å². The van der Waals surface area contributed by atoms with Crippen LogP contribution in [0.2, 0.25) is 0 Å². The fourth-order valence-corrected chi connectivity index (χ4v) is 3.97. The summed E-state index contributed by atoms with van der Waals surface area (Å²) in [6, 6.07) is 17.8. The number of benzene rings is 3. The zero-order valence-corrected chi connectivity index (χ0v) is 19.0. The van der Waals surface area contributed by atoms with Gasteiger partial charge in [-0.25, -0.2) is 4.98 Å². The molecule has 4 rings (SSSR count). The third kappa shape index (κ3) is 4.36. The molecule has 6 heteroatoms. The molecule has 4 N–H and O–H groups in total. The number of aromatic nitrogens is 1. The first-order chi connectivity index (χ1) is 15.3. The number of nitrogens with two attached hydrogens (primary N) is 1. The monoisotopic (exact) mass is 427 g/mol. The average Bonchev–Trinajstić information content (AvgIpc) is 2.73. The lowest BCUT2D eigenvalue weighted by atomic mass is 10.0. The van der Waals surface area contributed by atoms with Gasteiger partial charge in [0.1, 0.15) is 0 Å². The maximum absolute atomic E-state index is 13.0. The molecule has 32 heavy (non-hydrogen) atoms. The molecule has 6 nitrogen and oxygen atoms in total. The van der Waals surface area contributed by atoms with Gasteiger partial charge >= 0.3 is 0 Å². The van der Waals surface area contributed by atoms with E-state index in [2.05, 4.69) is 22.8 Å². The molecule has 4 aromatic rings. The molecule has 0 radical (unpaired) electrons. The van der Waals surface area contributed by atoms with Crippen molar-refractivity contribution in [3.05, 3.63) is 71.3 Å². The second-order valence-electron chi connectivity index (χ2n) is 8.48. The summed E-state index contributed by atoms with van der Waals surface area (Å²) >= 11 is 0. The predicted octanol–water partition coefficient (Wildman–Crippen LogP) is 4.62. The fourth-order valence-electron chi connectivity index (χ4n) is 3.97. The van der Waals surface area contributed by atoms with E-state index in [-0.39, 0.29) is 5.91 Å². The number of nitrogens with zero attached hydrogens (tertiary/aromatic N) is 2. The number of carbonyl (C=O) groups is 1. The topological polar surface area (TPSA) is 83.3 Å². The fraction of sp³-hybridized carbons (Fsp3) is 0.231. The molecule has 3 aromatic carbocycles. The first-order valence-electron chi connectivity index (χ1n) is 10.7. The molecule has 164 valence electrons. The third-order valence-electron chi connectivity index (χ3n) is 5.49. The van der Waals surface area contributed by atoms with Gasteiger partial charge in [0.05, 0.1) is 22.3 Å². The minimum absolute atomic E-state index is 0.122. The molecule has 0 bridgehead atoms. The van der Waals surface area contributed by atoms with E-state index in [9.17, 15) is 4.79 Å². The maximum atomic E-state index is 13.0. The summed E-state index contributed by atoms with van der Waals surface area (Å²) < 4.78 is 0. The van der Waals surface area contributed by atoms with Gasteiger partial charge in [-0.1, -0.05) is 30.3 Å². The van der Waals surface area contributed by atoms with Gasteiger partial charge in [0.2, 0.25) is 0 Å². The Hall–Kier alpha value is -3.64. The number of hydrogen-bond acceptors (Lipinski definition) is 5. The van der Waals surface area contributed by atoms with Crippen molar-refractivity contribution in [3.8, 4) is 0 Å². The lowest BCUT2D eigenvalue weighted by Crippen LogP contribution is -2.31. The van der Waals surface area contributed by atoms with Crippen molar-refractivity contribution in [3.63, 3.8) is 0 Å². The molecule has 0 unspecified atom stereocenters. The molecular weight excluding hydrogens is 398 g/mol. The highest BCUT2D eigenvalue weighted by molar-refractivity contribution is 6.15. The zero-order valence-electron chi connectivity index (χ0n) is 19.0. The Labute approximate surface area is 188 Å². The van der Waals surface area contributed by atoms with Crippen LogP contribution >= 0.6 is 0 Å². The lowest BCUT2D eigenvalue weighted by molar-refractivity contribution is 0.0952. The van der Waals surface area contributed by atoms with Crippen molar-refractivity contribution in [2.24, 2.45) is 0 Å². The van der Waals surface area contributed by atoms with E-state index in [0.717, 1.165) is 45.3 Å². The zero-order chi connectivity index (χ0) is 22.8. The number of aryl methyl sites for hydroxylation is 2. The van der Waals surface area contributed by atoms with Crippen LogP contribution in [0.5, 0.6) is 0 Å². The Balaban J connectivity index is 1.89. The molecule has 0 saturated carbocycles. The number of anilines is 3. The van der Waals surface area contributed by atoms with Crippen molar-refractivity contribution >= 4 is 44.8 Å². The first-order valence-corrected chi connectivity index (χ1v) is 10.7. The quantitative estimate of drug-likeness (QED) is 0.309. The van der Waals surface area contributed by atoms with Crippen LogP contribution in [0.15, 0.2) is 54.6 Å². The molecule has 0 spiro atoms. The summed E-state index contributed by atoms with van der Waals surface area (Å²) in [5.41, 5.74) is 12.9. The standard InChI is InChI=1S/C26H29N5O/c1-16-13-18(27)15-19(14-16)29-24-20-8-5-7-17(2)23(20)30-25-21(24)9-6-10-22(25)26(32)28-11-12-31(3)4/h5-10,13-15H,11-12,27H2,1-4H3,(H,28,32)(H,29,30). The Bertz CT molecular complexity index is 1290. The van der Waals surface area contributed by atoms with Crippen LogP contribution in [-0.2, 0) is 0 Å². The molecule has 1 amide bonds. The molecule has 0 saturated heterocycles. The second-order valence-corrected chi connectivity index (χ2v) is 8.48. The Morgan fingerprint density at radius 2 is 1.72 bits per heavy atom. The first kappa shape index (κ1) is 21.6. The van der Waals surface area contributed by atoms with Gasteiger partial charge in [-0.05, 0) is 63.3 Å². The summed E-state index contributed by atoms with van der Waals surface area (Å²) in [6.07, 6.45) is 0. The van der Waals surface area contributed by atoms with Gasteiger partial charge in [0.15, 0.2) is 0 Å². The van der Waals surface area contributed by atoms with Gasteiger partial charge in [-0.15, -0.1) is 0 Å². The van der Waals surface area contributed by atoms with E-state index in [1.807, 2.05) is 75.3 Å². The number of rotatable bonds is 6. The van der Waals surface area contributed by atoms with Crippen LogP contribution in [0.1, 0.15) is 21.5 Å². The van der Waals surface area contributed by atoms with Crippen molar-refractivity contribution in [1.29, 1.82) is 0 Å². The van der Waals surface area contributed by atoms with Crippen LogP contribution in [-0.4, -0.2) is 43.0 Å². The molecule has 0 aliphatic rings. The van der Waals surface area contributed by atoms with Crippen LogP contribution in [0, 0.1) is 13.8 Å². The number of likely N-dealkylation sites (N-methyl/N-ethyl adjacent to an activating group) is 1. The molecule has 1 heterocycles. The van der Waals surface area contributed by atoms with Crippen molar-refractivity contribution in [2.75, 3.05) is 38.2 Å². The second kappa shape index (κ2) is 8.85. The third-order valence-corrected chi connectivity index (χ3v) is 5.49. The average molecular weight is 428 g/mol. The highest BCUT2D eigenvalue weighted by Gasteiger charge is 2.17. The van der Waals surface area contributed by atoms with Crippen molar-refractivity contribution in [1.82, 2.24) is 15.2 Å². The number of nitrogens with one attached hydrogen (secondary N) is 2. The number of fused-ring (bicyclic) bond motifs is 2. The molecule has 0 aliphatic heterocycles. The smallest absolute Gasteiger partial charge is 0.253 e. The summed E-state index contributed by atoms with van der Waals surface area (Å²) in [5, 5.41) is 8.47. The Morgan fingerprint density at radius 1 is 1.00 bits per heavy atom. The number of hydrogen-bond donors (Lipinski definition) is 3. The predicted molar refractivity (Wildman–Crippen MR) is 134 cm³/mol. The Morgan fingerprint density at radius 3 is 2.44 bits per heavy atom. The SMILES string of the molecule is Cc1cc(N)cc(Nc2c3cccc(C)c3nc3c(C(=O)NCCN(C)C)cccc23)c1. The minimum Gasteiger partial charge on any atom is -0.399 e. The Kier molecular flexibility index (Phi) is 5.97. The van der Waals surface area contributed by atoms with Crippen LogP contribution in [0.4, 0.5) is 17.1 Å². The summed E-state index contributed by atoms with van der Waals surface area (Å²) in [4.78, 5) is 20.0. The van der Waals surface area contributed by atoms with Crippen LogP contribution in [0.3, 0.4) is 0 Å². The maximum Gasteiger partial charge on any atom is 0.253 e. The van der Waals surface area contributed by atoms with Gasteiger partial charge in [-0.2, -0.15) is 0 Å². The summed E-state index contributed by atoms with van der Waals surface area (Å²) in [7, 11) is 3.97. The van der Waals surface area contributed by atoms with E-state index >= 15 is 0 Å². The summed E-state index contributed by atoms with van der Waals surface area (Å²) in [5.74, 6) is -0.122. The molecule has 0 fully saturated rings. The van der Waals surface area contributed by atoms with Gasteiger partial charge < -0.3 is 21.3 Å². The minimum atomic E-state index is -0.122. The molecule has 0 aliphatic carbocycles. The lowest BCUT2D eigenvalue weighted by Gasteiger charge is -2.17. The van der Waals surface area contributed by atoms with Crippen molar-refractivity contribution < 1.29 is 4.79 Å². The molecule has 1 aromatic heterocycles. The highest BCUT2D eigenvalue weighted by atomic mass is 16.1. The number of carbonyl (C=O) groups excluding carboxylic acids is 1. The van der Waals surface area contributed by atoms with E-state index < -0.39 is 0 Å². The van der Waals surface area contributed by atoms with Crippen LogP contribution < -0.4 is 16.4 Å². The number of nitrogen functional groups attached to an aromatic ring is 1. The van der Waals surface area contributed by atoms with Gasteiger partial charge in [0.25, 0.3) is 5.91 Å². The number of para-hydroxylation sites is 2. The highest BCUT2D eigenvalue weighted by Crippen LogP contribution is 2.36. The number of amides is 1. The van der Waals surface area contributed by atoms with E-state index in [1.165, 1.54) is 0 Å². The van der Waals surface area contributed by atoms with Gasteiger partial charge in [-0.3, -0.25) is 4.79 Å². The van der Waals surface area contributed by atoms with E-state index in [0.29, 0.717) is 23.3 Å². The molecular formula is C26H29N5O. The molecule has 0 atom stereocenters. The summed E-state index contributed by atoms with van der Waals surface area (Å²) in [6.45, 7) is 5.40. The van der Waals surface area contributed by atoms with Gasteiger partial charge in [0, 0.05) is 35.2 Å². The normalized spacial score (nSPS) is 11.3. The van der Waals surface area contributed by atoms with Crippen LogP contribution in [0.25, 0.3) is 21.8 Å².